The van der Waals surface area contributed by atoms with E-state index in [4.69, 9.17) is 14.2 Å². The summed E-state index contributed by atoms with van der Waals surface area (Å²) in [4.78, 5) is 15.0. The number of nitrogens with one attached hydrogen (secondary N) is 1. The van der Waals surface area contributed by atoms with Gasteiger partial charge in [-0.3, -0.25) is 4.90 Å². The first-order valence-corrected chi connectivity index (χ1v) is 13.2. The lowest BCUT2D eigenvalue weighted by Crippen LogP contribution is -2.47. The number of pyridine rings is 1. The van der Waals surface area contributed by atoms with Crippen LogP contribution in [-0.4, -0.2) is 68.7 Å². The summed E-state index contributed by atoms with van der Waals surface area (Å²) in [5.41, 5.74) is 2.97. The van der Waals surface area contributed by atoms with Crippen molar-refractivity contribution in [1.29, 1.82) is 0 Å². The third kappa shape index (κ3) is 5.55. The quantitative estimate of drug-likeness (QED) is 0.258. The molecule has 5 aromatic rings. The fourth-order valence-corrected chi connectivity index (χ4v) is 4.96. The Morgan fingerprint density at radius 2 is 1.90 bits per heavy atom. The number of fused-ring (bicyclic) bond motifs is 2. The van der Waals surface area contributed by atoms with Gasteiger partial charge in [-0.1, -0.05) is 0 Å². The number of rotatable bonds is 8. The number of likely N-dealkylation sites (tertiary alicyclic amines) is 1. The molecule has 4 heterocycles. The van der Waals surface area contributed by atoms with Crippen LogP contribution in [0.1, 0.15) is 18.4 Å². The highest BCUT2D eigenvalue weighted by Crippen LogP contribution is 2.40. The minimum Gasteiger partial charge on any atom is -0.493 e. The average molecular weight is 562 g/mol. The smallest absolute Gasteiger partial charge is 0.251 e. The van der Waals surface area contributed by atoms with Gasteiger partial charge in [0.15, 0.2) is 17.1 Å². The van der Waals surface area contributed by atoms with Gasteiger partial charge in [0.1, 0.15) is 36.6 Å². The van der Waals surface area contributed by atoms with Crippen LogP contribution in [0.2, 0.25) is 0 Å². The van der Waals surface area contributed by atoms with E-state index in [0.29, 0.717) is 51.9 Å². The first-order chi connectivity index (χ1) is 19.8. The molecule has 0 bridgehead atoms. The van der Waals surface area contributed by atoms with Gasteiger partial charge < -0.3 is 19.5 Å². The fourth-order valence-electron chi connectivity index (χ4n) is 4.96. The number of methoxy groups -OCH3 is 1. The summed E-state index contributed by atoms with van der Waals surface area (Å²) in [6.07, 6.45) is 4.31. The van der Waals surface area contributed by atoms with Gasteiger partial charge in [-0.05, 0) is 55.9 Å². The van der Waals surface area contributed by atoms with Crippen molar-refractivity contribution in [2.45, 2.75) is 31.7 Å². The average Bonchev–Trinajstić information content (AvgIpc) is 3.43. The van der Waals surface area contributed by atoms with E-state index in [0.717, 1.165) is 11.3 Å². The number of aromatic nitrogens is 5. The molecule has 0 spiro atoms. The lowest BCUT2D eigenvalue weighted by molar-refractivity contribution is -0.0790. The van der Waals surface area contributed by atoms with Crippen molar-refractivity contribution in [3.63, 3.8) is 0 Å². The maximum absolute atomic E-state index is 14.1. The second-order valence-electron chi connectivity index (χ2n) is 10.1. The Bertz CT molecular complexity index is 1710. The van der Waals surface area contributed by atoms with Crippen LogP contribution in [0.4, 0.5) is 20.3 Å². The van der Waals surface area contributed by atoms with Crippen LogP contribution < -0.4 is 19.5 Å². The summed E-state index contributed by atoms with van der Waals surface area (Å²) in [5, 5.41) is 8.05. The number of hydrogen-bond donors (Lipinski definition) is 1. The number of aryl methyl sites for hydroxylation is 1. The maximum Gasteiger partial charge on any atom is 0.251 e. The molecule has 2 aromatic carbocycles. The molecule has 0 unspecified atom stereocenters. The van der Waals surface area contributed by atoms with Crippen LogP contribution in [0.15, 0.2) is 61.3 Å². The molecule has 1 aliphatic heterocycles. The molecule has 0 radical (unpaired) electrons. The van der Waals surface area contributed by atoms with Crippen LogP contribution in [0.5, 0.6) is 23.0 Å². The highest BCUT2D eigenvalue weighted by molar-refractivity contribution is 5.97. The van der Waals surface area contributed by atoms with Crippen LogP contribution in [0, 0.1) is 6.92 Å². The van der Waals surface area contributed by atoms with Gasteiger partial charge in [0.25, 0.3) is 5.92 Å². The number of likely N-dealkylation sites (N-methyl/N-ethyl adjacent to an activating group) is 1. The molecule has 1 atom stereocenters. The van der Waals surface area contributed by atoms with Gasteiger partial charge in [0, 0.05) is 43.4 Å². The second-order valence-corrected chi connectivity index (χ2v) is 10.1. The van der Waals surface area contributed by atoms with Crippen LogP contribution in [-0.2, 0) is 0 Å². The van der Waals surface area contributed by atoms with E-state index in [1.165, 1.54) is 19.8 Å². The largest absolute Gasteiger partial charge is 0.493 e. The Morgan fingerprint density at radius 3 is 2.73 bits per heavy atom. The van der Waals surface area contributed by atoms with E-state index in [2.05, 4.69) is 25.4 Å². The predicted molar refractivity (Wildman–Crippen MR) is 150 cm³/mol. The number of benzene rings is 2. The first-order valence-electron chi connectivity index (χ1n) is 13.2. The molecule has 1 N–H and O–H groups in total. The highest BCUT2D eigenvalue weighted by Gasteiger charge is 2.39. The molecule has 1 aliphatic rings. The monoisotopic (exact) mass is 561 g/mol. The van der Waals surface area contributed by atoms with Gasteiger partial charge in [-0.2, -0.15) is 5.10 Å². The van der Waals surface area contributed by atoms with Gasteiger partial charge in [0.2, 0.25) is 0 Å². The topological polar surface area (TPSA) is 98.9 Å². The van der Waals surface area contributed by atoms with Crippen molar-refractivity contribution in [3.05, 3.63) is 66.9 Å². The van der Waals surface area contributed by atoms with Gasteiger partial charge >= 0.3 is 0 Å². The normalized spacial score (nSPS) is 17.0. The number of alkyl halides is 2. The summed E-state index contributed by atoms with van der Waals surface area (Å²) >= 11 is 0. The van der Waals surface area contributed by atoms with Crippen molar-refractivity contribution < 1.29 is 23.0 Å². The minimum atomic E-state index is -2.71. The van der Waals surface area contributed by atoms with Crippen LogP contribution in [0.3, 0.4) is 0 Å². The molecular formula is C29H29F2N7O3. The number of hydrogen-bond acceptors (Lipinski definition) is 9. The molecule has 0 amide bonds. The van der Waals surface area contributed by atoms with Gasteiger partial charge in [-0.25, -0.2) is 28.2 Å². The van der Waals surface area contributed by atoms with Crippen molar-refractivity contribution >= 4 is 28.1 Å². The zero-order valence-electron chi connectivity index (χ0n) is 22.8. The molecule has 0 aliphatic carbocycles. The highest BCUT2D eigenvalue weighted by atomic mass is 19.3. The predicted octanol–water partition coefficient (Wildman–Crippen LogP) is 5.63. The minimum absolute atomic E-state index is 0.0711. The summed E-state index contributed by atoms with van der Waals surface area (Å²) in [6.45, 7) is 2.32. The molecule has 1 fully saturated rings. The summed E-state index contributed by atoms with van der Waals surface area (Å²) in [6, 6.07) is 12.4. The summed E-state index contributed by atoms with van der Waals surface area (Å²) in [7, 11) is 3.37. The summed E-state index contributed by atoms with van der Waals surface area (Å²) < 4.78 is 47.8. The second kappa shape index (κ2) is 10.8. The first kappa shape index (κ1) is 26.6. The van der Waals surface area contributed by atoms with E-state index >= 15 is 0 Å². The lowest BCUT2D eigenvalue weighted by Gasteiger charge is -2.36. The van der Waals surface area contributed by atoms with Crippen molar-refractivity contribution in [3.8, 4) is 23.0 Å². The van der Waals surface area contributed by atoms with Crippen molar-refractivity contribution in [2.24, 2.45) is 0 Å². The molecule has 3 aromatic heterocycles. The molecule has 212 valence electrons. The lowest BCUT2D eigenvalue weighted by atomic mass is 10.00. The Labute approximate surface area is 234 Å². The summed E-state index contributed by atoms with van der Waals surface area (Å²) in [5.74, 6) is -0.0222. The van der Waals surface area contributed by atoms with Crippen molar-refractivity contribution in [2.75, 3.05) is 32.6 Å². The molecule has 0 saturated carbocycles. The molecule has 12 heteroatoms. The third-order valence-corrected chi connectivity index (χ3v) is 7.27. The Balaban J connectivity index is 1.27. The van der Waals surface area contributed by atoms with E-state index in [9.17, 15) is 8.78 Å². The van der Waals surface area contributed by atoms with Crippen LogP contribution in [0.25, 0.3) is 16.6 Å². The third-order valence-electron chi connectivity index (χ3n) is 7.27. The van der Waals surface area contributed by atoms with E-state index in [-0.39, 0.29) is 19.4 Å². The maximum atomic E-state index is 14.1. The van der Waals surface area contributed by atoms with Crippen LogP contribution >= 0.6 is 0 Å². The van der Waals surface area contributed by atoms with E-state index in [1.807, 2.05) is 55.3 Å². The number of nitrogens with zero attached hydrogens (tertiary/aromatic N) is 6. The Kier molecular flexibility index (Phi) is 7.00. The molecule has 10 nitrogen and oxygen atoms in total. The van der Waals surface area contributed by atoms with E-state index < -0.39 is 12.0 Å². The molecular weight excluding hydrogens is 532 g/mol. The standard InChI is InChI=1S/C29H29F2N7O3/c1-18-12-19(4-6-23(18)41-21-8-10-38-25(13-21)33-17-35-38)36-28-26-22(32-16-34-28)5-7-24(39-3)27(26)40-15-20-14-29(30,31)9-11-37(20)2/h4-8,10,12-13,16-17,20H,9,11,14-15H2,1-3H3,(H,32,34,36)/t20-/m1/s1. The Hall–Kier alpha value is -4.58. The zero-order chi connectivity index (χ0) is 28.6. The number of halogens is 2. The molecule has 41 heavy (non-hydrogen) atoms. The van der Waals surface area contributed by atoms with E-state index in [1.54, 1.807) is 16.8 Å². The zero-order valence-corrected chi connectivity index (χ0v) is 22.8. The van der Waals surface area contributed by atoms with Crippen molar-refractivity contribution in [1.82, 2.24) is 29.5 Å². The Morgan fingerprint density at radius 1 is 1.05 bits per heavy atom. The number of ether oxygens (including phenoxy) is 3. The van der Waals surface area contributed by atoms with Gasteiger partial charge in [-0.15, -0.1) is 0 Å². The molecule has 1 saturated heterocycles. The fraction of sp³-hybridized carbons (Fsp3) is 0.310. The number of anilines is 2. The number of piperidine rings is 1. The molecule has 6 rings (SSSR count). The SMILES string of the molecule is COc1ccc2ncnc(Nc3ccc(Oc4ccn5ncnc5c4)c(C)c3)c2c1OC[C@H]1CC(F)(F)CCN1C. The van der Waals surface area contributed by atoms with Gasteiger partial charge in [0.05, 0.1) is 18.0 Å².